The van der Waals surface area contributed by atoms with Crippen molar-refractivity contribution in [3.8, 4) is 0 Å². The van der Waals surface area contributed by atoms with Crippen molar-refractivity contribution in [3.05, 3.63) is 12.2 Å². The van der Waals surface area contributed by atoms with Crippen molar-refractivity contribution in [2.24, 2.45) is 0 Å². The minimum Gasteiger partial charge on any atom is -0.481 e. The van der Waals surface area contributed by atoms with Gasteiger partial charge in [-0.3, -0.25) is 4.79 Å². The number of carboxylic acids is 1. The Morgan fingerprint density at radius 3 is 2.29 bits per heavy atom. The van der Waals surface area contributed by atoms with E-state index in [1.165, 1.54) is 19.3 Å². The number of allylic oxidation sites excluding steroid dienone is 2. The van der Waals surface area contributed by atoms with E-state index in [0.29, 0.717) is 6.42 Å². The Labute approximate surface area is 87.0 Å². The molecule has 0 radical (unpaired) electrons. The van der Waals surface area contributed by atoms with E-state index in [-0.39, 0.29) is 0 Å². The molecule has 0 aliphatic heterocycles. The van der Waals surface area contributed by atoms with E-state index in [1.54, 1.807) is 0 Å². The van der Waals surface area contributed by atoms with Crippen LogP contribution in [0.25, 0.3) is 0 Å². The first-order valence-corrected chi connectivity index (χ1v) is 5.64. The van der Waals surface area contributed by atoms with Crippen LogP contribution in [0.2, 0.25) is 0 Å². The fourth-order valence-corrected chi connectivity index (χ4v) is 1.27. The Balaban J connectivity index is 3.05. The van der Waals surface area contributed by atoms with Crippen molar-refractivity contribution < 1.29 is 9.90 Å². The summed E-state index contributed by atoms with van der Waals surface area (Å²) >= 11 is 0. The van der Waals surface area contributed by atoms with Crippen LogP contribution in [0, 0.1) is 0 Å². The van der Waals surface area contributed by atoms with Crippen LogP contribution in [0.5, 0.6) is 0 Å². The van der Waals surface area contributed by atoms with Gasteiger partial charge in [-0.1, -0.05) is 38.3 Å². The van der Waals surface area contributed by atoms with Gasteiger partial charge >= 0.3 is 5.97 Å². The van der Waals surface area contributed by atoms with Crippen LogP contribution < -0.4 is 0 Å². The molecule has 0 aromatic rings. The van der Waals surface area contributed by atoms with E-state index < -0.39 is 5.97 Å². The van der Waals surface area contributed by atoms with Gasteiger partial charge in [-0.05, 0) is 25.7 Å². The summed E-state index contributed by atoms with van der Waals surface area (Å²) in [5.74, 6) is -0.677. The predicted octanol–water partition coefficient (Wildman–Crippen LogP) is 3.77. The van der Waals surface area contributed by atoms with E-state index in [4.69, 9.17) is 5.11 Å². The number of unbranched alkanes of at least 4 members (excludes halogenated alkanes) is 5. The Hall–Kier alpha value is -0.790. The molecule has 0 amide bonds. The van der Waals surface area contributed by atoms with Crippen LogP contribution in [-0.2, 0) is 4.79 Å². The normalized spacial score (nSPS) is 10.9. The molecule has 0 saturated carbocycles. The highest BCUT2D eigenvalue weighted by Crippen LogP contribution is 2.04. The van der Waals surface area contributed by atoms with Crippen molar-refractivity contribution in [1.82, 2.24) is 0 Å². The van der Waals surface area contributed by atoms with Gasteiger partial charge in [-0.25, -0.2) is 0 Å². The van der Waals surface area contributed by atoms with Gasteiger partial charge in [-0.2, -0.15) is 0 Å². The molecule has 1 N–H and O–H groups in total. The molecule has 2 nitrogen and oxygen atoms in total. The lowest BCUT2D eigenvalue weighted by molar-refractivity contribution is -0.137. The average Bonchev–Trinajstić information content (AvgIpc) is 2.15. The van der Waals surface area contributed by atoms with Crippen LogP contribution >= 0.6 is 0 Å². The lowest BCUT2D eigenvalue weighted by atomic mass is 10.1. The molecule has 0 spiro atoms. The van der Waals surface area contributed by atoms with Gasteiger partial charge in [0.2, 0.25) is 0 Å². The predicted molar refractivity (Wildman–Crippen MR) is 59.4 cm³/mol. The Morgan fingerprint density at radius 2 is 1.71 bits per heavy atom. The molecular weight excluding hydrogens is 176 g/mol. The summed E-state index contributed by atoms with van der Waals surface area (Å²) in [6.07, 6.45) is 12.6. The smallest absolute Gasteiger partial charge is 0.303 e. The first-order valence-electron chi connectivity index (χ1n) is 5.64. The zero-order valence-corrected chi connectivity index (χ0v) is 9.17. The first kappa shape index (κ1) is 13.2. The summed E-state index contributed by atoms with van der Waals surface area (Å²) in [4.78, 5) is 10.2. The molecule has 2 heteroatoms. The highest BCUT2D eigenvalue weighted by Gasteiger charge is 1.94. The van der Waals surface area contributed by atoms with E-state index in [9.17, 15) is 4.79 Å². The minimum absolute atomic E-state index is 0.319. The number of aliphatic carboxylic acids is 1. The molecule has 0 saturated heterocycles. The molecular formula is C12H22O2. The highest BCUT2D eigenvalue weighted by molar-refractivity contribution is 5.66. The van der Waals surface area contributed by atoms with E-state index in [2.05, 4.69) is 19.1 Å². The summed E-state index contributed by atoms with van der Waals surface area (Å²) in [6.45, 7) is 2.19. The third kappa shape index (κ3) is 11.2. The van der Waals surface area contributed by atoms with Crippen LogP contribution in [0.1, 0.15) is 58.3 Å². The zero-order valence-electron chi connectivity index (χ0n) is 9.17. The largest absolute Gasteiger partial charge is 0.481 e. The van der Waals surface area contributed by atoms with Gasteiger partial charge in [-0.15, -0.1) is 0 Å². The third-order valence-corrected chi connectivity index (χ3v) is 2.15. The number of carboxylic acid groups (broad SMARTS) is 1. The molecule has 0 bridgehead atoms. The molecule has 0 rings (SSSR count). The molecule has 0 unspecified atom stereocenters. The average molecular weight is 198 g/mol. The first-order chi connectivity index (χ1) is 6.77. The summed E-state index contributed by atoms with van der Waals surface area (Å²) in [5.41, 5.74) is 0. The monoisotopic (exact) mass is 198 g/mol. The van der Waals surface area contributed by atoms with E-state index in [1.807, 2.05) is 0 Å². The van der Waals surface area contributed by atoms with Crippen LogP contribution in [-0.4, -0.2) is 11.1 Å². The van der Waals surface area contributed by atoms with E-state index >= 15 is 0 Å². The molecule has 82 valence electrons. The second kappa shape index (κ2) is 10.3. The highest BCUT2D eigenvalue weighted by atomic mass is 16.4. The van der Waals surface area contributed by atoms with Gasteiger partial charge in [0.1, 0.15) is 0 Å². The van der Waals surface area contributed by atoms with Gasteiger partial charge in [0, 0.05) is 6.42 Å². The summed E-state index contributed by atoms with van der Waals surface area (Å²) in [7, 11) is 0. The summed E-state index contributed by atoms with van der Waals surface area (Å²) < 4.78 is 0. The van der Waals surface area contributed by atoms with E-state index in [0.717, 1.165) is 25.7 Å². The second-order valence-electron chi connectivity index (χ2n) is 3.61. The Morgan fingerprint density at radius 1 is 1.07 bits per heavy atom. The van der Waals surface area contributed by atoms with Gasteiger partial charge in [0.15, 0.2) is 0 Å². The SMILES string of the molecule is CCCC/C=C/CCCCCC(=O)O. The van der Waals surface area contributed by atoms with Crippen LogP contribution in [0.15, 0.2) is 12.2 Å². The lowest BCUT2D eigenvalue weighted by Gasteiger charge is -1.95. The summed E-state index contributed by atoms with van der Waals surface area (Å²) in [5, 5.41) is 8.40. The maximum Gasteiger partial charge on any atom is 0.303 e. The quantitative estimate of drug-likeness (QED) is 0.452. The van der Waals surface area contributed by atoms with Crippen molar-refractivity contribution >= 4 is 5.97 Å². The fourth-order valence-electron chi connectivity index (χ4n) is 1.27. The van der Waals surface area contributed by atoms with Crippen molar-refractivity contribution in [2.45, 2.75) is 58.3 Å². The molecule has 0 aliphatic carbocycles. The molecule has 0 atom stereocenters. The Kier molecular flexibility index (Phi) is 9.71. The van der Waals surface area contributed by atoms with Crippen molar-refractivity contribution in [3.63, 3.8) is 0 Å². The van der Waals surface area contributed by atoms with Crippen molar-refractivity contribution in [1.29, 1.82) is 0 Å². The maximum atomic E-state index is 10.2. The van der Waals surface area contributed by atoms with Crippen LogP contribution in [0.3, 0.4) is 0 Å². The molecule has 0 aliphatic rings. The number of carbonyl (C=O) groups is 1. The zero-order chi connectivity index (χ0) is 10.6. The molecule has 14 heavy (non-hydrogen) atoms. The van der Waals surface area contributed by atoms with Gasteiger partial charge < -0.3 is 5.11 Å². The fraction of sp³-hybridized carbons (Fsp3) is 0.750. The Bertz CT molecular complexity index is 162. The van der Waals surface area contributed by atoms with Gasteiger partial charge in [0.05, 0.1) is 0 Å². The number of hydrogen-bond donors (Lipinski definition) is 1. The number of rotatable bonds is 9. The standard InChI is InChI=1S/C12H22O2/c1-2-3-4-5-6-7-8-9-10-11-12(13)14/h5-6H,2-4,7-11H2,1H3,(H,13,14)/b6-5+. The van der Waals surface area contributed by atoms with Gasteiger partial charge in [0.25, 0.3) is 0 Å². The lowest BCUT2D eigenvalue weighted by Crippen LogP contribution is -1.93. The minimum atomic E-state index is -0.677. The molecule has 0 heterocycles. The third-order valence-electron chi connectivity index (χ3n) is 2.15. The maximum absolute atomic E-state index is 10.2. The summed E-state index contributed by atoms with van der Waals surface area (Å²) in [6, 6.07) is 0. The topological polar surface area (TPSA) is 37.3 Å². The van der Waals surface area contributed by atoms with Crippen LogP contribution in [0.4, 0.5) is 0 Å². The molecule has 0 fully saturated rings. The second-order valence-corrected chi connectivity index (χ2v) is 3.61. The molecule has 0 aromatic heterocycles. The molecule has 0 aromatic carbocycles. The van der Waals surface area contributed by atoms with Crippen molar-refractivity contribution in [2.75, 3.05) is 0 Å². The number of hydrogen-bond acceptors (Lipinski definition) is 1.